The normalized spacial score (nSPS) is 10.4. The minimum Gasteiger partial charge on any atom is -0.478 e. The van der Waals surface area contributed by atoms with Crippen LogP contribution in [0.5, 0.6) is 0 Å². The molecule has 5 N–H and O–H groups in total. The van der Waals surface area contributed by atoms with Crippen molar-refractivity contribution >= 4 is 5.97 Å². The van der Waals surface area contributed by atoms with Crippen molar-refractivity contribution in [3.8, 4) is 11.1 Å². The van der Waals surface area contributed by atoms with E-state index < -0.39 is 5.97 Å². The molecule has 0 aromatic heterocycles. The number of carboxylic acid groups (broad SMARTS) is 1. The Morgan fingerprint density at radius 3 is 2.05 bits per heavy atom. The third-order valence-electron chi connectivity index (χ3n) is 3.05. The van der Waals surface area contributed by atoms with Crippen LogP contribution >= 0.6 is 0 Å². The van der Waals surface area contributed by atoms with E-state index in [0.717, 1.165) is 16.7 Å². The first kappa shape index (κ1) is 13.3. The molecule has 0 aliphatic rings. The SMILES string of the molecule is NCc1ccc(-c2cc(CN)ccc2C(=O)O)cc1. The molecule has 0 heterocycles. The summed E-state index contributed by atoms with van der Waals surface area (Å²) < 4.78 is 0. The van der Waals surface area contributed by atoms with Crippen LogP contribution in [0.1, 0.15) is 21.5 Å². The van der Waals surface area contributed by atoms with Crippen LogP contribution in [0.15, 0.2) is 42.5 Å². The van der Waals surface area contributed by atoms with E-state index in [0.29, 0.717) is 18.7 Å². The van der Waals surface area contributed by atoms with E-state index in [2.05, 4.69) is 0 Å². The molecule has 0 amide bonds. The molecule has 4 nitrogen and oxygen atoms in total. The number of carbonyl (C=O) groups is 1. The van der Waals surface area contributed by atoms with E-state index in [9.17, 15) is 9.90 Å². The summed E-state index contributed by atoms with van der Waals surface area (Å²) in [6.07, 6.45) is 0. The topological polar surface area (TPSA) is 89.3 Å². The lowest BCUT2D eigenvalue weighted by Crippen LogP contribution is -2.03. The number of nitrogens with two attached hydrogens (primary N) is 2. The molecule has 2 aromatic carbocycles. The van der Waals surface area contributed by atoms with Gasteiger partial charge in [-0.3, -0.25) is 0 Å². The highest BCUT2D eigenvalue weighted by Crippen LogP contribution is 2.25. The maximum absolute atomic E-state index is 11.3. The molecule has 0 atom stereocenters. The molecule has 4 heteroatoms. The van der Waals surface area contributed by atoms with Crippen molar-refractivity contribution in [2.45, 2.75) is 13.1 Å². The zero-order chi connectivity index (χ0) is 13.8. The third-order valence-corrected chi connectivity index (χ3v) is 3.05. The summed E-state index contributed by atoms with van der Waals surface area (Å²) in [5.41, 5.74) is 14.9. The van der Waals surface area contributed by atoms with Gasteiger partial charge in [-0.15, -0.1) is 0 Å². The fourth-order valence-corrected chi connectivity index (χ4v) is 1.96. The lowest BCUT2D eigenvalue weighted by molar-refractivity contribution is 0.0697. The minimum absolute atomic E-state index is 0.276. The van der Waals surface area contributed by atoms with Crippen LogP contribution in [-0.4, -0.2) is 11.1 Å². The first-order valence-corrected chi connectivity index (χ1v) is 6.01. The molecule has 0 aliphatic heterocycles. The Morgan fingerprint density at radius 1 is 0.947 bits per heavy atom. The summed E-state index contributed by atoms with van der Waals surface area (Å²) in [7, 11) is 0. The van der Waals surface area contributed by atoms with Crippen molar-refractivity contribution in [2.24, 2.45) is 11.5 Å². The molecule has 0 bridgehead atoms. The zero-order valence-corrected chi connectivity index (χ0v) is 10.5. The largest absolute Gasteiger partial charge is 0.478 e. The molecule has 98 valence electrons. The van der Waals surface area contributed by atoms with Crippen LogP contribution in [0.4, 0.5) is 0 Å². The fraction of sp³-hybridized carbons (Fsp3) is 0.133. The van der Waals surface area contributed by atoms with Gasteiger partial charge in [0.15, 0.2) is 0 Å². The number of carboxylic acids is 1. The predicted molar refractivity (Wildman–Crippen MR) is 74.6 cm³/mol. The standard InChI is InChI=1S/C15H16N2O2/c16-8-10-1-4-12(5-2-10)14-7-11(9-17)3-6-13(14)15(18)19/h1-7H,8-9,16-17H2,(H,18,19). The minimum atomic E-state index is -0.943. The molecule has 0 saturated carbocycles. The monoisotopic (exact) mass is 256 g/mol. The van der Waals surface area contributed by atoms with Crippen molar-refractivity contribution in [1.82, 2.24) is 0 Å². The van der Waals surface area contributed by atoms with E-state index in [1.54, 1.807) is 12.1 Å². The molecule has 0 aliphatic carbocycles. The van der Waals surface area contributed by atoms with Gasteiger partial charge in [-0.1, -0.05) is 30.3 Å². The van der Waals surface area contributed by atoms with Crippen molar-refractivity contribution in [2.75, 3.05) is 0 Å². The van der Waals surface area contributed by atoms with Crippen LogP contribution in [0.2, 0.25) is 0 Å². The van der Waals surface area contributed by atoms with Crippen LogP contribution < -0.4 is 11.5 Å². The van der Waals surface area contributed by atoms with Crippen molar-refractivity contribution in [1.29, 1.82) is 0 Å². The summed E-state index contributed by atoms with van der Waals surface area (Å²) in [5, 5.41) is 9.24. The molecule has 2 rings (SSSR count). The average molecular weight is 256 g/mol. The first-order valence-electron chi connectivity index (χ1n) is 6.01. The van der Waals surface area contributed by atoms with E-state index in [-0.39, 0.29) is 5.56 Å². The smallest absolute Gasteiger partial charge is 0.336 e. The highest BCUT2D eigenvalue weighted by molar-refractivity contribution is 5.96. The van der Waals surface area contributed by atoms with E-state index in [1.807, 2.05) is 30.3 Å². The van der Waals surface area contributed by atoms with Gasteiger partial charge in [0.05, 0.1) is 5.56 Å². The average Bonchev–Trinajstić information content (AvgIpc) is 2.46. The van der Waals surface area contributed by atoms with Crippen molar-refractivity contribution in [3.05, 3.63) is 59.2 Å². The van der Waals surface area contributed by atoms with Crippen molar-refractivity contribution < 1.29 is 9.90 Å². The summed E-state index contributed by atoms with van der Waals surface area (Å²) in [6, 6.07) is 12.7. The second kappa shape index (κ2) is 5.65. The van der Waals surface area contributed by atoms with E-state index in [4.69, 9.17) is 11.5 Å². The first-order chi connectivity index (χ1) is 9.15. The van der Waals surface area contributed by atoms with Gasteiger partial charge in [0, 0.05) is 13.1 Å². The molecule has 0 fully saturated rings. The van der Waals surface area contributed by atoms with E-state index >= 15 is 0 Å². The number of hydrogen-bond donors (Lipinski definition) is 3. The molecular formula is C15H16N2O2. The van der Waals surface area contributed by atoms with Crippen LogP contribution in [0.3, 0.4) is 0 Å². The summed E-state index contributed by atoms with van der Waals surface area (Å²) in [5.74, 6) is -0.943. The molecule has 19 heavy (non-hydrogen) atoms. The fourth-order valence-electron chi connectivity index (χ4n) is 1.96. The zero-order valence-electron chi connectivity index (χ0n) is 10.5. The Bertz CT molecular complexity index is 592. The Balaban J connectivity index is 2.54. The van der Waals surface area contributed by atoms with Crippen LogP contribution in [0, 0.1) is 0 Å². The number of benzene rings is 2. The number of rotatable bonds is 4. The van der Waals surface area contributed by atoms with Gasteiger partial charge >= 0.3 is 5.97 Å². The van der Waals surface area contributed by atoms with Gasteiger partial charge < -0.3 is 16.6 Å². The summed E-state index contributed by atoms with van der Waals surface area (Å²) >= 11 is 0. The van der Waals surface area contributed by atoms with Gasteiger partial charge in [0.25, 0.3) is 0 Å². The van der Waals surface area contributed by atoms with Gasteiger partial charge in [0.2, 0.25) is 0 Å². The second-order valence-electron chi connectivity index (χ2n) is 4.29. The molecule has 0 spiro atoms. The molecular weight excluding hydrogens is 240 g/mol. The second-order valence-corrected chi connectivity index (χ2v) is 4.29. The van der Waals surface area contributed by atoms with Gasteiger partial charge in [-0.05, 0) is 34.4 Å². The number of hydrogen-bond acceptors (Lipinski definition) is 3. The predicted octanol–water partition coefficient (Wildman–Crippen LogP) is 1.97. The number of aromatic carboxylic acids is 1. The molecule has 0 radical (unpaired) electrons. The Morgan fingerprint density at radius 2 is 1.53 bits per heavy atom. The van der Waals surface area contributed by atoms with Crippen LogP contribution in [0.25, 0.3) is 11.1 Å². The lowest BCUT2D eigenvalue weighted by atomic mass is 9.96. The third kappa shape index (κ3) is 2.81. The van der Waals surface area contributed by atoms with Gasteiger partial charge in [0.1, 0.15) is 0 Å². The maximum atomic E-state index is 11.3. The Labute approximate surface area is 111 Å². The van der Waals surface area contributed by atoms with Crippen molar-refractivity contribution in [3.63, 3.8) is 0 Å². The quantitative estimate of drug-likeness (QED) is 0.780. The Hall–Kier alpha value is -2.17. The molecule has 0 saturated heterocycles. The highest BCUT2D eigenvalue weighted by Gasteiger charge is 2.12. The van der Waals surface area contributed by atoms with Gasteiger partial charge in [-0.25, -0.2) is 4.79 Å². The molecule has 0 unspecified atom stereocenters. The lowest BCUT2D eigenvalue weighted by Gasteiger charge is -2.09. The molecule has 2 aromatic rings. The highest BCUT2D eigenvalue weighted by atomic mass is 16.4. The van der Waals surface area contributed by atoms with Gasteiger partial charge in [-0.2, -0.15) is 0 Å². The van der Waals surface area contributed by atoms with Crippen LogP contribution in [-0.2, 0) is 13.1 Å². The van der Waals surface area contributed by atoms with E-state index in [1.165, 1.54) is 0 Å². The summed E-state index contributed by atoms with van der Waals surface area (Å²) in [4.78, 5) is 11.3. The Kier molecular flexibility index (Phi) is 3.94. The summed E-state index contributed by atoms with van der Waals surface area (Å²) in [6.45, 7) is 0.850. The maximum Gasteiger partial charge on any atom is 0.336 e.